The average molecular weight is 354 g/mol. The molecule has 0 amide bonds. The van der Waals surface area contributed by atoms with Gasteiger partial charge in [-0.15, -0.1) is 0 Å². The highest BCUT2D eigenvalue weighted by Gasteiger charge is 2.18. The fraction of sp³-hybridized carbons (Fsp3) is 0.231. The molecule has 8 heteroatoms. The Kier molecular flexibility index (Phi) is 4.69. The molecule has 2 aromatic rings. The van der Waals surface area contributed by atoms with Gasteiger partial charge >= 0.3 is 5.82 Å². The molecule has 0 unspecified atom stereocenters. The zero-order valence-electron chi connectivity index (χ0n) is 11.2. The van der Waals surface area contributed by atoms with Crippen molar-refractivity contribution < 1.29 is 14.5 Å². The highest BCUT2D eigenvalue weighted by molar-refractivity contribution is 9.10. The first-order valence-electron chi connectivity index (χ1n) is 6.09. The molecule has 0 saturated carbocycles. The molecule has 0 aliphatic heterocycles. The van der Waals surface area contributed by atoms with Gasteiger partial charge < -0.3 is 14.9 Å². The standard InChI is InChI=1S/C13H12BrN3O4/c1-9(18)10-4-2-3-5-12(10)21-7-6-16-8-11(14)13(15-16)17(19)20/h2-5,8H,6-7H2,1H3. The Labute approximate surface area is 128 Å². The third-order valence-corrected chi connectivity index (χ3v) is 3.28. The van der Waals surface area contributed by atoms with Gasteiger partial charge in [0.25, 0.3) is 0 Å². The lowest BCUT2D eigenvalue weighted by molar-refractivity contribution is -0.390. The van der Waals surface area contributed by atoms with Crippen LogP contribution in [0.1, 0.15) is 17.3 Å². The summed E-state index contributed by atoms with van der Waals surface area (Å²) in [5.41, 5.74) is 0.505. The molecule has 110 valence electrons. The lowest BCUT2D eigenvalue weighted by atomic mass is 10.1. The molecule has 0 saturated heterocycles. The minimum atomic E-state index is -0.563. The fourth-order valence-electron chi connectivity index (χ4n) is 1.76. The second kappa shape index (κ2) is 6.49. The van der Waals surface area contributed by atoms with Crippen LogP contribution >= 0.6 is 15.9 Å². The van der Waals surface area contributed by atoms with Crippen LogP contribution in [0.15, 0.2) is 34.9 Å². The van der Waals surface area contributed by atoms with E-state index in [1.807, 2.05) is 0 Å². The monoisotopic (exact) mass is 353 g/mol. The van der Waals surface area contributed by atoms with Gasteiger partial charge in [-0.05, 0) is 39.9 Å². The molecule has 21 heavy (non-hydrogen) atoms. The van der Waals surface area contributed by atoms with Crippen LogP contribution in [-0.2, 0) is 6.54 Å². The molecule has 2 rings (SSSR count). The number of ether oxygens (including phenoxy) is 1. The summed E-state index contributed by atoms with van der Waals surface area (Å²) in [5.74, 6) is 0.174. The number of nitrogens with zero attached hydrogens (tertiary/aromatic N) is 3. The highest BCUT2D eigenvalue weighted by Crippen LogP contribution is 2.22. The van der Waals surface area contributed by atoms with E-state index in [4.69, 9.17) is 4.74 Å². The summed E-state index contributed by atoms with van der Waals surface area (Å²) < 4.78 is 7.28. The first kappa shape index (κ1) is 15.2. The van der Waals surface area contributed by atoms with Crippen molar-refractivity contribution in [1.29, 1.82) is 0 Å². The van der Waals surface area contributed by atoms with Crippen LogP contribution in [0.2, 0.25) is 0 Å². The predicted molar refractivity (Wildman–Crippen MR) is 78.5 cm³/mol. The Balaban J connectivity index is 2.00. The number of hydrogen-bond donors (Lipinski definition) is 0. The molecule has 0 atom stereocenters. The van der Waals surface area contributed by atoms with Gasteiger partial charge in [-0.2, -0.15) is 4.68 Å². The lowest BCUT2D eigenvalue weighted by Crippen LogP contribution is -2.10. The van der Waals surface area contributed by atoms with Crippen LogP contribution in [0.4, 0.5) is 5.82 Å². The third-order valence-electron chi connectivity index (χ3n) is 2.72. The third kappa shape index (κ3) is 3.66. The van der Waals surface area contributed by atoms with E-state index in [9.17, 15) is 14.9 Å². The van der Waals surface area contributed by atoms with Crippen LogP contribution in [0, 0.1) is 10.1 Å². The zero-order chi connectivity index (χ0) is 15.4. The summed E-state index contributed by atoms with van der Waals surface area (Å²) in [7, 11) is 0. The molecule has 1 heterocycles. The summed E-state index contributed by atoms with van der Waals surface area (Å²) in [5, 5.41) is 14.5. The van der Waals surface area contributed by atoms with Gasteiger partial charge in [0.15, 0.2) is 5.78 Å². The number of aromatic nitrogens is 2. The summed E-state index contributed by atoms with van der Waals surface area (Å²) in [6.07, 6.45) is 1.51. The molecular formula is C13H12BrN3O4. The van der Waals surface area contributed by atoms with E-state index in [0.29, 0.717) is 22.3 Å². The summed E-state index contributed by atoms with van der Waals surface area (Å²) in [6.45, 7) is 2.05. The minimum absolute atomic E-state index is 0.0805. The molecule has 0 aliphatic rings. The van der Waals surface area contributed by atoms with Crippen molar-refractivity contribution in [3.8, 4) is 5.75 Å². The van der Waals surface area contributed by atoms with Crippen molar-refractivity contribution in [3.63, 3.8) is 0 Å². The zero-order valence-corrected chi connectivity index (χ0v) is 12.7. The van der Waals surface area contributed by atoms with E-state index < -0.39 is 4.92 Å². The topological polar surface area (TPSA) is 87.3 Å². The van der Waals surface area contributed by atoms with E-state index in [1.54, 1.807) is 24.3 Å². The van der Waals surface area contributed by atoms with E-state index in [0.717, 1.165) is 0 Å². The minimum Gasteiger partial charge on any atom is -0.491 e. The van der Waals surface area contributed by atoms with Gasteiger partial charge in [0.05, 0.1) is 23.4 Å². The number of ketones is 1. The SMILES string of the molecule is CC(=O)c1ccccc1OCCn1cc(Br)c([N+](=O)[O-])n1. The Bertz CT molecular complexity index is 684. The summed E-state index contributed by atoms with van der Waals surface area (Å²) >= 11 is 3.07. The number of hydrogen-bond acceptors (Lipinski definition) is 5. The highest BCUT2D eigenvalue weighted by atomic mass is 79.9. The van der Waals surface area contributed by atoms with Crippen molar-refractivity contribution in [3.05, 3.63) is 50.6 Å². The number of para-hydroxylation sites is 1. The Hall–Kier alpha value is -2.22. The Morgan fingerprint density at radius 3 is 2.81 bits per heavy atom. The van der Waals surface area contributed by atoms with Gasteiger partial charge in [-0.3, -0.25) is 4.79 Å². The van der Waals surface area contributed by atoms with Gasteiger partial charge in [0.1, 0.15) is 16.8 Å². The number of carbonyl (C=O) groups is 1. The maximum Gasteiger partial charge on any atom is 0.404 e. The number of nitro groups is 1. The molecule has 0 fully saturated rings. The van der Waals surface area contributed by atoms with Crippen LogP contribution in [-0.4, -0.2) is 27.1 Å². The first-order chi connectivity index (χ1) is 9.99. The van der Waals surface area contributed by atoms with Gasteiger partial charge in [0.2, 0.25) is 0 Å². The second-order valence-electron chi connectivity index (χ2n) is 4.22. The van der Waals surface area contributed by atoms with E-state index in [-0.39, 0.29) is 18.2 Å². The molecular weight excluding hydrogens is 342 g/mol. The van der Waals surface area contributed by atoms with E-state index in [1.165, 1.54) is 17.8 Å². The van der Waals surface area contributed by atoms with Gasteiger partial charge in [-0.1, -0.05) is 12.1 Å². The predicted octanol–water partition coefficient (Wildman–Crippen LogP) is 2.84. The van der Waals surface area contributed by atoms with Gasteiger partial charge in [-0.25, -0.2) is 0 Å². The largest absolute Gasteiger partial charge is 0.491 e. The number of rotatable bonds is 6. The molecule has 0 N–H and O–H groups in total. The maximum absolute atomic E-state index is 11.4. The van der Waals surface area contributed by atoms with Crippen molar-refractivity contribution in [2.24, 2.45) is 0 Å². The van der Waals surface area contributed by atoms with Crippen molar-refractivity contribution >= 4 is 27.5 Å². The van der Waals surface area contributed by atoms with Crippen LogP contribution in [0.25, 0.3) is 0 Å². The molecule has 7 nitrogen and oxygen atoms in total. The second-order valence-corrected chi connectivity index (χ2v) is 5.08. The number of benzene rings is 1. The number of Topliss-reactive ketones (excluding diaryl/α,β-unsaturated/α-hetero) is 1. The van der Waals surface area contributed by atoms with Crippen molar-refractivity contribution in [2.75, 3.05) is 6.61 Å². The van der Waals surface area contributed by atoms with E-state index in [2.05, 4.69) is 21.0 Å². The summed E-state index contributed by atoms with van der Waals surface area (Å²) in [6, 6.07) is 6.93. The molecule has 0 radical (unpaired) electrons. The van der Waals surface area contributed by atoms with Gasteiger partial charge in [0, 0.05) is 0 Å². The normalized spacial score (nSPS) is 10.4. The van der Waals surface area contributed by atoms with Crippen LogP contribution in [0.3, 0.4) is 0 Å². The summed E-state index contributed by atoms with van der Waals surface area (Å²) in [4.78, 5) is 21.6. The molecule has 0 aliphatic carbocycles. The molecule has 1 aromatic heterocycles. The number of halogens is 1. The average Bonchev–Trinajstić information content (AvgIpc) is 2.80. The van der Waals surface area contributed by atoms with Crippen molar-refractivity contribution in [2.45, 2.75) is 13.5 Å². The molecule has 0 bridgehead atoms. The Morgan fingerprint density at radius 2 is 2.19 bits per heavy atom. The van der Waals surface area contributed by atoms with E-state index >= 15 is 0 Å². The lowest BCUT2D eigenvalue weighted by Gasteiger charge is -2.08. The maximum atomic E-state index is 11.4. The number of carbonyl (C=O) groups excluding carboxylic acids is 1. The quantitative estimate of drug-likeness (QED) is 0.452. The Morgan fingerprint density at radius 1 is 1.48 bits per heavy atom. The molecule has 0 spiro atoms. The van der Waals surface area contributed by atoms with Crippen LogP contribution in [0.5, 0.6) is 5.75 Å². The van der Waals surface area contributed by atoms with Crippen molar-refractivity contribution in [1.82, 2.24) is 9.78 Å². The fourth-order valence-corrected chi connectivity index (χ4v) is 2.22. The smallest absolute Gasteiger partial charge is 0.404 e. The van der Waals surface area contributed by atoms with Crippen LogP contribution < -0.4 is 4.74 Å². The molecule has 1 aromatic carbocycles. The first-order valence-corrected chi connectivity index (χ1v) is 6.88.